The van der Waals surface area contributed by atoms with Gasteiger partial charge < -0.3 is 26.0 Å². The maximum Gasteiger partial charge on any atom is 0.248 e. The summed E-state index contributed by atoms with van der Waals surface area (Å²) in [6, 6.07) is 11.9. The predicted octanol–water partition coefficient (Wildman–Crippen LogP) is 3.76. The van der Waals surface area contributed by atoms with Crippen LogP contribution in [0, 0.1) is 0 Å². The largest absolute Gasteiger partial charge is 0.508 e. The molecule has 0 aliphatic heterocycles. The summed E-state index contributed by atoms with van der Waals surface area (Å²) in [7, 11) is 1.50. The molecule has 0 aliphatic carbocycles. The van der Waals surface area contributed by atoms with Crippen LogP contribution in [0.25, 0.3) is 0 Å². The van der Waals surface area contributed by atoms with Gasteiger partial charge in [-0.1, -0.05) is 34.1 Å². The summed E-state index contributed by atoms with van der Waals surface area (Å²) < 4.78 is 6.10. The Morgan fingerprint density at radius 3 is 2.78 bits per heavy atom. The number of methoxy groups -OCH3 is 1. The highest BCUT2D eigenvalue weighted by molar-refractivity contribution is 9.10. The van der Waals surface area contributed by atoms with E-state index < -0.39 is 12.2 Å². The maximum atomic E-state index is 11.9. The lowest BCUT2D eigenvalue weighted by Gasteiger charge is -2.22. The lowest BCUT2D eigenvalue weighted by Crippen LogP contribution is -2.21. The predicted molar refractivity (Wildman–Crippen MR) is 109 cm³/mol. The number of nitrogens with two attached hydrogens (primary N) is 1. The monoisotopic (exact) mass is 434 g/mol. The average molecular weight is 435 g/mol. The smallest absolute Gasteiger partial charge is 0.248 e. The van der Waals surface area contributed by atoms with Gasteiger partial charge in [0.2, 0.25) is 5.91 Å². The minimum Gasteiger partial charge on any atom is -0.508 e. The first-order valence-corrected chi connectivity index (χ1v) is 9.23. The standard InChI is InChI=1S/C20H23BrN2O4/c1-27-18(20(26)14-12-13(21)10-11-17(14)24)8-4-5-9-19(25)23-16-7-3-2-6-15(16)22/h2-3,5-7,9-12,18,20,24,26H,4,8,22H2,1H3,(H,23,25)/b9-5+/t18-,20-/m0/s1. The number of phenolic OH excluding ortho intramolecular Hbond substituents is 1. The summed E-state index contributed by atoms with van der Waals surface area (Å²) in [6.07, 6.45) is 2.60. The lowest BCUT2D eigenvalue weighted by atomic mass is 9.99. The van der Waals surface area contributed by atoms with Gasteiger partial charge in [-0.25, -0.2) is 0 Å². The van der Waals surface area contributed by atoms with Gasteiger partial charge in [0.1, 0.15) is 11.9 Å². The molecule has 0 heterocycles. The first-order valence-electron chi connectivity index (χ1n) is 8.43. The van der Waals surface area contributed by atoms with E-state index in [9.17, 15) is 15.0 Å². The van der Waals surface area contributed by atoms with E-state index in [2.05, 4.69) is 21.2 Å². The zero-order valence-electron chi connectivity index (χ0n) is 14.9. The van der Waals surface area contributed by atoms with E-state index in [0.717, 1.165) is 4.47 Å². The van der Waals surface area contributed by atoms with Crippen molar-refractivity contribution in [2.45, 2.75) is 25.0 Å². The van der Waals surface area contributed by atoms with Crippen molar-refractivity contribution in [3.05, 3.63) is 64.7 Å². The van der Waals surface area contributed by atoms with Crippen LogP contribution in [0.2, 0.25) is 0 Å². The molecule has 0 radical (unpaired) electrons. The number of carbonyl (C=O) groups is 1. The number of ether oxygens (including phenoxy) is 1. The molecular weight excluding hydrogens is 412 g/mol. The fourth-order valence-electron chi connectivity index (χ4n) is 2.60. The van der Waals surface area contributed by atoms with E-state index in [1.807, 2.05) is 0 Å². The van der Waals surface area contributed by atoms with E-state index in [1.54, 1.807) is 42.5 Å². The molecule has 2 aromatic rings. The van der Waals surface area contributed by atoms with Crippen molar-refractivity contribution in [3.63, 3.8) is 0 Å². The summed E-state index contributed by atoms with van der Waals surface area (Å²) in [5, 5.41) is 23.1. The number of para-hydroxylation sites is 2. The number of aliphatic hydroxyl groups is 1. The number of benzene rings is 2. The van der Waals surface area contributed by atoms with Crippen molar-refractivity contribution in [2.75, 3.05) is 18.2 Å². The van der Waals surface area contributed by atoms with Gasteiger partial charge in [0.15, 0.2) is 0 Å². The average Bonchev–Trinajstić information content (AvgIpc) is 2.65. The number of hydrogen-bond donors (Lipinski definition) is 4. The normalized spacial score (nSPS) is 13.4. The molecule has 2 aromatic carbocycles. The molecule has 7 heteroatoms. The molecule has 2 rings (SSSR count). The molecular formula is C20H23BrN2O4. The highest BCUT2D eigenvalue weighted by Gasteiger charge is 2.23. The Labute approximate surface area is 166 Å². The quantitative estimate of drug-likeness (QED) is 0.373. The van der Waals surface area contributed by atoms with Gasteiger partial charge in [0.25, 0.3) is 0 Å². The minimum absolute atomic E-state index is 0.00289. The number of aromatic hydroxyl groups is 1. The number of allylic oxidation sites excluding steroid dienone is 1. The number of anilines is 2. The zero-order valence-corrected chi connectivity index (χ0v) is 16.5. The molecule has 5 N–H and O–H groups in total. The Bertz CT molecular complexity index is 810. The number of rotatable bonds is 8. The zero-order chi connectivity index (χ0) is 19.8. The van der Waals surface area contributed by atoms with Crippen LogP contribution in [0.1, 0.15) is 24.5 Å². The molecule has 144 valence electrons. The van der Waals surface area contributed by atoms with Crippen LogP contribution in [0.5, 0.6) is 5.75 Å². The Kier molecular flexibility index (Phi) is 7.84. The minimum atomic E-state index is -0.987. The molecule has 0 fully saturated rings. The van der Waals surface area contributed by atoms with Crippen LogP contribution in [-0.4, -0.2) is 29.3 Å². The van der Waals surface area contributed by atoms with Crippen molar-refractivity contribution in [2.24, 2.45) is 0 Å². The third kappa shape index (κ3) is 6.09. The third-order valence-corrected chi connectivity index (χ3v) is 4.56. The van der Waals surface area contributed by atoms with Gasteiger partial charge in [-0.3, -0.25) is 4.79 Å². The molecule has 0 aliphatic rings. The lowest BCUT2D eigenvalue weighted by molar-refractivity contribution is -0.111. The Morgan fingerprint density at radius 1 is 1.33 bits per heavy atom. The molecule has 0 saturated heterocycles. The van der Waals surface area contributed by atoms with Crippen LogP contribution in [0.15, 0.2) is 59.1 Å². The van der Waals surface area contributed by atoms with E-state index in [4.69, 9.17) is 10.5 Å². The second-order valence-corrected chi connectivity index (χ2v) is 6.89. The summed E-state index contributed by atoms with van der Waals surface area (Å²) in [5.74, 6) is -0.282. The van der Waals surface area contributed by atoms with Crippen LogP contribution in [0.4, 0.5) is 11.4 Å². The SMILES string of the molecule is CO[C@@H](CC/C=C/C(=O)Nc1ccccc1N)[C@@H](O)c1cc(Br)ccc1O. The number of phenols is 1. The molecule has 0 unspecified atom stereocenters. The van der Waals surface area contributed by atoms with E-state index in [0.29, 0.717) is 29.8 Å². The van der Waals surface area contributed by atoms with Crippen molar-refractivity contribution in [1.29, 1.82) is 0 Å². The molecule has 1 amide bonds. The molecule has 2 atom stereocenters. The summed E-state index contributed by atoms with van der Waals surface area (Å²) >= 11 is 3.32. The fourth-order valence-corrected chi connectivity index (χ4v) is 2.98. The number of carbonyl (C=O) groups excluding carboxylic acids is 1. The van der Waals surface area contributed by atoms with Crippen molar-refractivity contribution in [1.82, 2.24) is 0 Å². The summed E-state index contributed by atoms with van der Waals surface area (Å²) in [4.78, 5) is 11.9. The van der Waals surface area contributed by atoms with E-state index in [-0.39, 0.29) is 11.7 Å². The van der Waals surface area contributed by atoms with Gasteiger partial charge in [0, 0.05) is 17.1 Å². The van der Waals surface area contributed by atoms with E-state index in [1.165, 1.54) is 19.3 Å². The Hall–Kier alpha value is -2.35. The van der Waals surface area contributed by atoms with Crippen LogP contribution in [0.3, 0.4) is 0 Å². The molecule has 27 heavy (non-hydrogen) atoms. The van der Waals surface area contributed by atoms with Crippen molar-refractivity contribution in [3.8, 4) is 5.75 Å². The van der Waals surface area contributed by atoms with Crippen molar-refractivity contribution < 1.29 is 19.7 Å². The topological polar surface area (TPSA) is 105 Å². The Morgan fingerprint density at radius 2 is 2.07 bits per heavy atom. The van der Waals surface area contributed by atoms with Gasteiger partial charge in [-0.05, 0) is 49.2 Å². The first kappa shape index (κ1) is 21.0. The van der Waals surface area contributed by atoms with Crippen molar-refractivity contribution >= 4 is 33.2 Å². The number of halogens is 1. The van der Waals surface area contributed by atoms with Gasteiger partial charge >= 0.3 is 0 Å². The van der Waals surface area contributed by atoms with Gasteiger partial charge in [0.05, 0.1) is 17.5 Å². The van der Waals surface area contributed by atoms with E-state index >= 15 is 0 Å². The van der Waals surface area contributed by atoms with Gasteiger partial charge in [-0.2, -0.15) is 0 Å². The molecule has 0 bridgehead atoms. The summed E-state index contributed by atoms with van der Waals surface area (Å²) in [6.45, 7) is 0. The summed E-state index contributed by atoms with van der Waals surface area (Å²) in [5.41, 5.74) is 7.23. The van der Waals surface area contributed by atoms with Crippen LogP contribution in [-0.2, 0) is 9.53 Å². The molecule has 0 saturated carbocycles. The number of nitrogen functional groups attached to an aromatic ring is 1. The van der Waals surface area contributed by atoms with Gasteiger partial charge in [-0.15, -0.1) is 0 Å². The van der Waals surface area contributed by atoms with Crippen LogP contribution < -0.4 is 11.1 Å². The maximum absolute atomic E-state index is 11.9. The molecule has 0 aromatic heterocycles. The highest BCUT2D eigenvalue weighted by atomic mass is 79.9. The molecule has 6 nitrogen and oxygen atoms in total. The number of aliphatic hydroxyl groups excluding tert-OH is 1. The first-order chi connectivity index (χ1) is 12.9. The number of amides is 1. The highest BCUT2D eigenvalue weighted by Crippen LogP contribution is 2.31. The number of nitrogens with one attached hydrogen (secondary N) is 1. The third-order valence-electron chi connectivity index (χ3n) is 4.07. The fraction of sp³-hybridized carbons (Fsp3) is 0.250. The Balaban J connectivity index is 1.90. The second kappa shape index (κ2) is 10.1. The molecule has 0 spiro atoms. The second-order valence-electron chi connectivity index (χ2n) is 5.98. The number of hydrogen-bond acceptors (Lipinski definition) is 5. The van der Waals surface area contributed by atoms with Crippen LogP contribution >= 0.6 is 15.9 Å².